The van der Waals surface area contributed by atoms with Crippen LogP contribution in [0.1, 0.15) is 22.3 Å². The third-order valence-electron chi connectivity index (χ3n) is 4.06. The van der Waals surface area contributed by atoms with Gasteiger partial charge in [-0.2, -0.15) is 0 Å². The molecule has 0 heterocycles. The standard InChI is InChI=1S/C20H23FN2O3/c1-12-9-13(2)18(14(3)10-12)23-20(25)22-17(19(24)26-4)11-15-5-7-16(21)8-6-15/h5-10,17H,11H2,1-4H3,(H2,22,23,25). The smallest absolute Gasteiger partial charge is 0.328 e. The van der Waals surface area contributed by atoms with E-state index in [9.17, 15) is 14.0 Å². The maximum Gasteiger partial charge on any atom is 0.328 e. The Morgan fingerprint density at radius 3 is 2.19 bits per heavy atom. The number of hydrogen-bond acceptors (Lipinski definition) is 3. The van der Waals surface area contributed by atoms with Gasteiger partial charge in [0, 0.05) is 12.1 Å². The summed E-state index contributed by atoms with van der Waals surface area (Å²) in [5.74, 6) is -0.929. The molecule has 1 atom stereocenters. The maximum atomic E-state index is 13.0. The van der Waals surface area contributed by atoms with Crippen LogP contribution < -0.4 is 10.6 Å². The van der Waals surface area contributed by atoms with Gasteiger partial charge in [0.1, 0.15) is 11.9 Å². The summed E-state index contributed by atoms with van der Waals surface area (Å²) in [6.45, 7) is 5.80. The van der Waals surface area contributed by atoms with Crippen LogP contribution in [0.15, 0.2) is 36.4 Å². The minimum Gasteiger partial charge on any atom is -0.467 e. The molecule has 2 rings (SSSR count). The van der Waals surface area contributed by atoms with Crippen molar-refractivity contribution in [1.82, 2.24) is 5.32 Å². The van der Waals surface area contributed by atoms with Crippen LogP contribution in [0.2, 0.25) is 0 Å². The number of nitrogens with one attached hydrogen (secondary N) is 2. The minimum absolute atomic E-state index is 0.201. The number of anilines is 1. The van der Waals surface area contributed by atoms with E-state index in [1.165, 1.54) is 19.2 Å². The minimum atomic E-state index is -0.878. The summed E-state index contributed by atoms with van der Waals surface area (Å²) in [6, 6.07) is 8.32. The van der Waals surface area contributed by atoms with Gasteiger partial charge in [0.15, 0.2) is 0 Å². The average molecular weight is 358 g/mol. The molecule has 0 bridgehead atoms. The Balaban J connectivity index is 2.11. The van der Waals surface area contributed by atoms with Crippen LogP contribution in [-0.4, -0.2) is 25.2 Å². The summed E-state index contributed by atoms with van der Waals surface area (Å²) >= 11 is 0. The molecule has 0 saturated carbocycles. The van der Waals surface area contributed by atoms with Crippen molar-refractivity contribution in [2.45, 2.75) is 33.2 Å². The van der Waals surface area contributed by atoms with Crippen molar-refractivity contribution in [3.63, 3.8) is 0 Å². The highest BCUT2D eigenvalue weighted by Gasteiger charge is 2.22. The molecule has 0 aliphatic rings. The summed E-state index contributed by atoms with van der Waals surface area (Å²) in [7, 11) is 1.26. The molecule has 2 aromatic rings. The average Bonchev–Trinajstić information content (AvgIpc) is 2.58. The molecule has 6 heteroatoms. The summed E-state index contributed by atoms with van der Waals surface area (Å²) < 4.78 is 17.8. The molecule has 0 aliphatic heterocycles. The van der Waals surface area contributed by atoms with Gasteiger partial charge in [0.25, 0.3) is 0 Å². The number of carbonyl (C=O) groups excluding carboxylic acids is 2. The van der Waals surface area contributed by atoms with E-state index in [-0.39, 0.29) is 12.2 Å². The van der Waals surface area contributed by atoms with Crippen molar-refractivity contribution in [3.05, 3.63) is 64.5 Å². The van der Waals surface area contributed by atoms with Crippen LogP contribution in [0.3, 0.4) is 0 Å². The number of aryl methyl sites for hydroxylation is 3. The third-order valence-corrected chi connectivity index (χ3v) is 4.06. The van der Waals surface area contributed by atoms with Gasteiger partial charge in [0.05, 0.1) is 7.11 Å². The molecule has 138 valence electrons. The number of ether oxygens (including phenoxy) is 1. The van der Waals surface area contributed by atoms with E-state index in [1.54, 1.807) is 12.1 Å². The Morgan fingerprint density at radius 2 is 1.65 bits per heavy atom. The second-order valence-electron chi connectivity index (χ2n) is 6.28. The van der Waals surface area contributed by atoms with Gasteiger partial charge in [0.2, 0.25) is 0 Å². The molecular formula is C20H23FN2O3. The molecule has 0 fully saturated rings. The van der Waals surface area contributed by atoms with Crippen LogP contribution in [0.25, 0.3) is 0 Å². The SMILES string of the molecule is COC(=O)C(Cc1ccc(F)cc1)NC(=O)Nc1c(C)cc(C)cc1C. The van der Waals surface area contributed by atoms with Gasteiger partial charge >= 0.3 is 12.0 Å². The Morgan fingerprint density at radius 1 is 1.08 bits per heavy atom. The number of methoxy groups -OCH3 is 1. The van der Waals surface area contributed by atoms with Gasteiger partial charge in [-0.1, -0.05) is 29.8 Å². The number of amides is 2. The monoisotopic (exact) mass is 358 g/mol. The van der Waals surface area contributed by atoms with Crippen LogP contribution >= 0.6 is 0 Å². The van der Waals surface area contributed by atoms with Crippen LogP contribution in [0, 0.1) is 26.6 Å². The second kappa shape index (κ2) is 8.47. The van der Waals surface area contributed by atoms with E-state index < -0.39 is 18.0 Å². The maximum absolute atomic E-state index is 13.0. The van der Waals surface area contributed by atoms with Crippen LogP contribution in [-0.2, 0) is 16.0 Å². The number of hydrogen-bond donors (Lipinski definition) is 2. The summed E-state index contributed by atoms with van der Waals surface area (Å²) in [5, 5.41) is 5.42. The highest BCUT2D eigenvalue weighted by Crippen LogP contribution is 2.21. The Bertz CT molecular complexity index is 780. The first kappa shape index (κ1) is 19.4. The molecule has 26 heavy (non-hydrogen) atoms. The Kier molecular flexibility index (Phi) is 6.33. The molecule has 2 amide bonds. The number of rotatable bonds is 5. The lowest BCUT2D eigenvalue weighted by atomic mass is 10.0. The zero-order valence-corrected chi connectivity index (χ0v) is 15.4. The fourth-order valence-electron chi connectivity index (χ4n) is 2.88. The molecule has 1 unspecified atom stereocenters. The van der Waals surface area contributed by atoms with E-state index in [0.717, 1.165) is 16.7 Å². The molecule has 0 aromatic heterocycles. The van der Waals surface area contributed by atoms with E-state index in [4.69, 9.17) is 4.74 Å². The molecular weight excluding hydrogens is 335 g/mol. The first-order valence-corrected chi connectivity index (χ1v) is 8.27. The Hall–Kier alpha value is -2.89. The molecule has 5 nitrogen and oxygen atoms in total. The lowest BCUT2D eigenvalue weighted by Gasteiger charge is -2.19. The normalized spacial score (nSPS) is 11.6. The Labute approximate surface area is 152 Å². The highest BCUT2D eigenvalue weighted by molar-refractivity contribution is 5.94. The molecule has 0 aliphatic carbocycles. The van der Waals surface area contributed by atoms with E-state index in [0.29, 0.717) is 11.3 Å². The summed E-state index contributed by atoms with van der Waals surface area (Å²) in [5.41, 5.74) is 4.40. The quantitative estimate of drug-likeness (QED) is 0.802. The van der Waals surface area contributed by atoms with E-state index in [2.05, 4.69) is 10.6 Å². The fourth-order valence-corrected chi connectivity index (χ4v) is 2.88. The zero-order valence-electron chi connectivity index (χ0n) is 15.4. The predicted octanol–water partition coefficient (Wildman–Crippen LogP) is 3.66. The van der Waals surface area contributed by atoms with Gasteiger partial charge < -0.3 is 15.4 Å². The first-order chi connectivity index (χ1) is 12.3. The van der Waals surface area contributed by atoms with Gasteiger partial charge in [-0.15, -0.1) is 0 Å². The van der Waals surface area contributed by atoms with Crippen LogP contribution in [0.4, 0.5) is 14.9 Å². The zero-order chi connectivity index (χ0) is 19.3. The highest BCUT2D eigenvalue weighted by atomic mass is 19.1. The van der Waals surface area contributed by atoms with Gasteiger partial charge in [-0.05, 0) is 49.6 Å². The van der Waals surface area contributed by atoms with Crippen LogP contribution in [0.5, 0.6) is 0 Å². The second-order valence-corrected chi connectivity index (χ2v) is 6.28. The van der Waals surface area contributed by atoms with Crippen molar-refractivity contribution in [2.75, 3.05) is 12.4 Å². The van der Waals surface area contributed by atoms with Gasteiger partial charge in [-0.3, -0.25) is 0 Å². The van der Waals surface area contributed by atoms with Crippen molar-refractivity contribution >= 4 is 17.7 Å². The van der Waals surface area contributed by atoms with Crippen molar-refractivity contribution in [3.8, 4) is 0 Å². The number of carbonyl (C=O) groups is 2. The predicted molar refractivity (Wildman–Crippen MR) is 98.7 cm³/mol. The van der Waals surface area contributed by atoms with E-state index >= 15 is 0 Å². The number of esters is 1. The molecule has 0 saturated heterocycles. The third kappa shape index (κ3) is 5.05. The summed E-state index contributed by atoms with van der Waals surface area (Å²) in [6.07, 6.45) is 0.201. The number of urea groups is 1. The molecule has 2 N–H and O–H groups in total. The van der Waals surface area contributed by atoms with E-state index in [1.807, 2.05) is 32.9 Å². The fraction of sp³-hybridized carbons (Fsp3) is 0.300. The lowest BCUT2D eigenvalue weighted by molar-refractivity contribution is -0.142. The molecule has 0 spiro atoms. The van der Waals surface area contributed by atoms with Crippen molar-refractivity contribution in [1.29, 1.82) is 0 Å². The summed E-state index contributed by atoms with van der Waals surface area (Å²) in [4.78, 5) is 24.4. The topological polar surface area (TPSA) is 67.4 Å². The van der Waals surface area contributed by atoms with Crippen molar-refractivity contribution in [2.24, 2.45) is 0 Å². The van der Waals surface area contributed by atoms with Crippen molar-refractivity contribution < 1.29 is 18.7 Å². The lowest BCUT2D eigenvalue weighted by Crippen LogP contribution is -2.45. The first-order valence-electron chi connectivity index (χ1n) is 8.27. The largest absolute Gasteiger partial charge is 0.467 e. The number of benzene rings is 2. The molecule has 2 aromatic carbocycles. The molecule has 0 radical (unpaired) electrons. The number of halogens is 1. The van der Waals surface area contributed by atoms with Gasteiger partial charge in [-0.25, -0.2) is 14.0 Å².